The van der Waals surface area contributed by atoms with E-state index in [1.54, 1.807) is 0 Å². The SMILES string of the molecule is CC(=CCc1[c]cccc1)CO. The molecule has 0 aliphatic heterocycles. The van der Waals surface area contributed by atoms with Crippen LogP contribution in [0.15, 0.2) is 35.9 Å². The summed E-state index contributed by atoms with van der Waals surface area (Å²) in [6.45, 7) is 2.07. The van der Waals surface area contributed by atoms with Crippen LogP contribution < -0.4 is 0 Å². The Bertz CT molecular complexity index is 249. The van der Waals surface area contributed by atoms with Gasteiger partial charge in [-0.2, -0.15) is 0 Å². The first-order valence-electron chi connectivity index (χ1n) is 4.05. The van der Waals surface area contributed by atoms with Gasteiger partial charge in [0.05, 0.1) is 6.61 Å². The van der Waals surface area contributed by atoms with Crippen LogP contribution in [-0.2, 0) is 6.42 Å². The summed E-state index contributed by atoms with van der Waals surface area (Å²) in [6, 6.07) is 11.0. The smallest absolute Gasteiger partial charge is 0.0639 e. The van der Waals surface area contributed by atoms with Crippen molar-refractivity contribution in [3.63, 3.8) is 0 Å². The average Bonchev–Trinajstić information content (AvgIpc) is 2.16. The third kappa shape index (κ3) is 2.89. The van der Waals surface area contributed by atoms with E-state index in [1.807, 2.05) is 37.3 Å². The predicted octanol–water partition coefficient (Wildman–Crippen LogP) is 1.97. The number of benzene rings is 1. The molecule has 0 unspecified atom stereocenters. The Kier molecular flexibility index (Phi) is 3.55. The van der Waals surface area contributed by atoms with Crippen molar-refractivity contribution >= 4 is 0 Å². The Labute approximate surface area is 73.4 Å². The van der Waals surface area contributed by atoms with Crippen molar-refractivity contribution in [2.24, 2.45) is 0 Å². The van der Waals surface area contributed by atoms with E-state index >= 15 is 0 Å². The fraction of sp³-hybridized carbons (Fsp3) is 0.273. The number of allylic oxidation sites excluding steroid dienone is 1. The van der Waals surface area contributed by atoms with E-state index in [-0.39, 0.29) is 6.61 Å². The zero-order valence-electron chi connectivity index (χ0n) is 7.25. The molecule has 1 radical (unpaired) electrons. The van der Waals surface area contributed by atoms with E-state index in [9.17, 15) is 0 Å². The van der Waals surface area contributed by atoms with E-state index in [1.165, 1.54) is 0 Å². The van der Waals surface area contributed by atoms with E-state index < -0.39 is 0 Å². The number of aliphatic hydroxyl groups excluding tert-OH is 1. The van der Waals surface area contributed by atoms with Gasteiger partial charge in [-0.15, -0.1) is 0 Å². The molecule has 0 bridgehead atoms. The van der Waals surface area contributed by atoms with Crippen molar-refractivity contribution in [2.75, 3.05) is 6.61 Å². The lowest BCUT2D eigenvalue weighted by atomic mass is 10.1. The molecule has 0 saturated heterocycles. The van der Waals surface area contributed by atoms with Gasteiger partial charge in [0.2, 0.25) is 0 Å². The highest BCUT2D eigenvalue weighted by Gasteiger charge is 1.88. The number of aliphatic hydroxyl groups is 1. The standard InChI is InChI=1S/C11H13O/c1-10(9-12)7-8-11-5-3-2-4-6-11/h2-5,7,12H,8-9H2,1H3. The summed E-state index contributed by atoms with van der Waals surface area (Å²) < 4.78 is 0. The molecule has 1 heteroatoms. The lowest BCUT2D eigenvalue weighted by Crippen LogP contribution is -1.86. The maximum absolute atomic E-state index is 8.73. The fourth-order valence-corrected chi connectivity index (χ4v) is 0.906. The summed E-state index contributed by atoms with van der Waals surface area (Å²) in [7, 11) is 0. The van der Waals surface area contributed by atoms with E-state index in [0.717, 1.165) is 17.6 Å². The minimum atomic E-state index is 0.146. The van der Waals surface area contributed by atoms with Gasteiger partial charge >= 0.3 is 0 Å². The predicted molar refractivity (Wildman–Crippen MR) is 49.8 cm³/mol. The maximum atomic E-state index is 8.73. The van der Waals surface area contributed by atoms with Gasteiger partial charge in [-0.05, 0) is 25.0 Å². The van der Waals surface area contributed by atoms with Crippen LogP contribution >= 0.6 is 0 Å². The van der Waals surface area contributed by atoms with Crippen molar-refractivity contribution in [3.05, 3.63) is 47.5 Å². The normalized spacial score (nSPS) is 11.7. The highest BCUT2D eigenvalue weighted by atomic mass is 16.3. The third-order valence-electron chi connectivity index (χ3n) is 1.69. The van der Waals surface area contributed by atoms with Crippen LogP contribution in [0.1, 0.15) is 12.5 Å². The molecular weight excluding hydrogens is 148 g/mol. The van der Waals surface area contributed by atoms with E-state index in [4.69, 9.17) is 5.11 Å². The van der Waals surface area contributed by atoms with Gasteiger partial charge < -0.3 is 5.11 Å². The molecule has 1 N–H and O–H groups in total. The molecule has 1 rings (SSSR count). The molecule has 0 amide bonds. The summed E-state index contributed by atoms with van der Waals surface area (Å²) in [4.78, 5) is 0. The van der Waals surface area contributed by atoms with Gasteiger partial charge in [-0.25, -0.2) is 0 Å². The fourth-order valence-electron chi connectivity index (χ4n) is 0.906. The van der Waals surface area contributed by atoms with Crippen LogP contribution in [-0.4, -0.2) is 11.7 Å². The van der Waals surface area contributed by atoms with Crippen LogP contribution in [0.5, 0.6) is 0 Å². The van der Waals surface area contributed by atoms with E-state index in [0.29, 0.717) is 0 Å². The molecule has 63 valence electrons. The average molecular weight is 161 g/mol. The molecule has 0 saturated carbocycles. The molecule has 0 spiro atoms. The number of hydrogen-bond acceptors (Lipinski definition) is 1. The summed E-state index contributed by atoms with van der Waals surface area (Å²) in [6.07, 6.45) is 2.87. The summed E-state index contributed by atoms with van der Waals surface area (Å²) >= 11 is 0. The van der Waals surface area contributed by atoms with Crippen LogP contribution in [0.25, 0.3) is 0 Å². The summed E-state index contributed by atoms with van der Waals surface area (Å²) in [5.41, 5.74) is 2.16. The summed E-state index contributed by atoms with van der Waals surface area (Å²) in [5, 5.41) is 8.73. The highest BCUT2D eigenvalue weighted by molar-refractivity contribution is 5.17. The van der Waals surface area contributed by atoms with Crippen molar-refractivity contribution in [1.82, 2.24) is 0 Å². The second-order valence-electron chi connectivity index (χ2n) is 2.80. The number of rotatable bonds is 3. The van der Waals surface area contributed by atoms with Gasteiger partial charge in [-0.1, -0.05) is 35.9 Å². The highest BCUT2D eigenvalue weighted by Crippen LogP contribution is 2.01. The second-order valence-corrected chi connectivity index (χ2v) is 2.80. The van der Waals surface area contributed by atoms with Crippen molar-refractivity contribution in [1.29, 1.82) is 0 Å². The molecule has 1 aromatic rings. The molecule has 1 nitrogen and oxygen atoms in total. The molecule has 0 aliphatic rings. The van der Waals surface area contributed by atoms with Crippen molar-refractivity contribution in [2.45, 2.75) is 13.3 Å². The lowest BCUT2D eigenvalue weighted by Gasteiger charge is -1.96. The first-order valence-corrected chi connectivity index (χ1v) is 4.05. The Morgan fingerprint density at radius 1 is 1.58 bits per heavy atom. The Balaban J connectivity index is 2.54. The molecule has 0 aromatic heterocycles. The zero-order valence-corrected chi connectivity index (χ0v) is 7.25. The van der Waals surface area contributed by atoms with Crippen LogP contribution in [0.2, 0.25) is 0 Å². The maximum Gasteiger partial charge on any atom is 0.0639 e. The van der Waals surface area contributed by atoms with Gasteiger partial charge in [0, 0.05) is 0 Å². The third-order valence-corrected chi connectivity index (χ3v) is 1.69. The van der Waals surface area contributed by atoms with Gasteiger partial charge in [0.25, 0.3) is 0 Å². The lowest BCUT2D eigenvalue weighted by molar-refractivity contribution is 0.331. The number of hydrogen-bond donors (Lipinski definition) is 1. The molecule has 0 heterocycles. The van der Waals surface area contributed by atoms with Crippen LogP contribution in [0.3, 0.4) is 0 Å². The largest absolute Gasteiger partial charge is 0.392 e. The molecule has 0 atom stereocenters. The topological polar surface area (TPSA) is 20.2 Å². The quantitative estimate of drug-likeness (QED) is 0.672. The van der Waals surface area contributed by atoms with Crippen LogP contribution in [0.4, 0.5) is 0 Å². The molecule has 0 aliphatic carbocycles. The first-order chi connectivity index (χ1) is 5.83. The first kappa shape index (κ1) is 9.01. The molecule has 12 heavy (non-hydrogen) atoms. The second kappa shape index (κ2) is 4.73. The van der Waals surface area contributed by atoms with Crippen molar-refractivity contribution in [3.8, 4) is 0 Å². The minimum Gasteiger partial charge on any atom is -0.392 e. The Hall–Kier alpha value is -1.08. The van der Waals surface area contributed by atoms with Gasteiger partial charge in [-0.3, -0.25) is 0 Å². The van der Waals surface area contributed by atoms with Crippen LogP contribution in [0, 0.1) is 6.07 Å². The molecule has 0 fully saturated rings. The zero-order chi connectivity index (χ0) is 8.81. The van der Waals surface area contributed by atoms with E-state index in [2.05, 4.69) is 6.07 Å². The summed E-state index contributed by atoms with van der Waals surface area (Å²) in [5.74, 6) is 0. The Morgan fingerprint density at radius 2 is 2.42 bits per heavy atom. The van der Waals surface area contributed by atoms with Gasteiger partial charge in [0.15, 0.2) is 0 Å². The molecule has 1 aromatic carbocycles. The minimum absolute atomic E-state index is 0.146. The monoisotopic (exact) mass is 161 g/mol. The van der Waals surface area contributed by atoms with Gasteiger partial charge in [0.1, 0.15) is 0 Å². The van der Waals surface area contributed by atoms with Crippen molar-refractivity contribution < 1.29 is 5.11 Å². The molecular formula is C11H13O. The Morgan fingerprint density at radius 3 is 3.00 bits per heavy atom.